The van der Waals surface area contributed by atoms with E-state index >= 15 is 0 Å². The van der Waals surface area contributed by atoms with Gasteiger partial charge in [0.1, 0.15) is 17.4 Å². The number of nitrogens with one attached hydrogen (secondary N) is 1. The molecule has 94 valence electrons. The SMILES string of the molecule is COc1cc(F)ccc1Nc1ncc(N)cc1Cl. The van der Waals surface area contributed by atoms with Crippen LogP contribution in [0.3, 0.4) is 0 Å². The molecule has 4 nitrogen and oxygen atoms in total. The predicted molar refractivity (Wildman–Crippen MR) is 69.9 cm³/mol. The van der Waals surface area contributed by atoms with Crippen molar-refractivity contribution in [2.75, 3.05) is 18.2 Å². The fraction of sp³-hybridized carbons (Fsp3) is 0.0833. The van der Waals surface area contributed by atoms with Gasteiger partial charge in [0.15, 0.2) is 0 Å². The monoisotopic (exact) mass is 267 g/mol. The van der Waals surface area contributed by atoms with Crippen LogP contribution in [0.25, 0.3) is 0 Å². The van der Waals surface area contributed by atoms with Crippen LogP contribution in [0.4, 0.5) is 21.6 Å². The fourth-order valence-electron chi connectivity index (χ4n) is 1.44. The first kappa shape index (κ1) is 12.4. The van der Waals surface area contributed by atoms with Gasteiger partial charge in [0.05, 0.1) is 29.7 Å². The summed E-state index contributed by atoms with van der Waals surface area (Å²) in [6, 6.07) is 5.71. The molecule has 2 rings (SSSR count). The molecule has 0 radical (unpaired) electrons. The molecule has 6 heteroatoms. The maximum atomic E-state index is 13.0. The van der Waals surface area contributed by atoms with Crippen molar-refractivity contribution in [2.24, 2.45) is 0 Å². The zero-order valence-electron chi connectivity index (χ0n) is 9.58. The molecular formula is C12H11ClFN3O. The summed E-state index contributed by atoms with van der Waals surface area (Å²) in [5.74, 6) is 0.411. The molecule has 0 fully saturated rings. The Hall–Kier alpha value is -2.01. The summed E-state index contributed by atoms with van der Waals surface area (Å²) in [6.07, 6.45) is 1.48. The second-order valence-corrected chi connectivity index (χ2v) is 3.98. The van der Waals surface area contributed by atoms with E-state index in [1.54, 1.807) is 12.1 Å². The Labute approximate surface area is 109 Å². The summed E-state index contributed by atoms with van der Waals surface area (Å²) in [5, 5.41) is 3.33. The summed E-state index contributed by atoms with van der Waals surface area (Å²) < 4.78 is 18.1. The maximum Gasteiger partial charge on any atom is 0.149 e. The van der Waals surface area contributed by atoms with Gasteiger partial charge in [-0.3, -0.25) is 0 Å². The van der Waals surface area contributed by atoms with E-state index in [2.05, 4.69) is 10.3 Å². The Bertz CT molecular complexity index is 577. The van der Waals surface area contributed by atoms with Crippen LogP contribution in [0.15, 0.2) is 30.5 Å². The minimum absolute atomic E-state index is 0.365. The summed E-state index contributed by atoms with van der Waals surface area (Å²) in [4.78, 5) is 4.05. The molecule has 0 unspecified atom stereocenters. The Morgan fingerprint density at radius 3 is 2.83 bits per heavy atom. The number of aromatic nitrogens is 1. The molecule has 0 amide bonds. The lowest BCUT2D eigenvalue weighted by Crippen LogP contribution is -1.99. The van der Waals surface area contributed by atoms with Crippen LogP contribution in [0, 0.1) is 5.82 Å². The van der Waals surface area contributed by atoms with Crippen LogP contribution in [-0.4, -0.2) is 12.1 Å². The molecule has 0 saturated carbocycles. The quantitative estimate of drug-likeness (QED) is 0.896. The number of halogens is 2. The van der Waals surface area contributed by atoms with E-state index in [-0.39, 0.29) is 5.82 Å². The first-order chi connectivity index (χ1) is 8.60. The van der Waals surface area contributed by atoms with Gasteiger partial charge in [0, 0.05) is 6.07 Å². The van der Waals surface area contributed by atoms with Crippen LogP contribution in [-0.2, 0) is 0 Å². The van der Waals surface area contributed by atoms with Gasteiger partial charge in [-0.15, -0.1) is 0 Å². The third-order valence-corrected chi connectivity index (χ3v) is 2.57. The molecule has 0 bridgehead atoms. The van der Waals surface area contributed by atoms with Crippen molar-refractivity contribution in [1.29, 1.82) is 0 Å². The van der Waals surface area contributed by atoms with Gasteiger partial charge >= 0.3 is 0 Å². The normalized spacial score (nSPS) is 10.2. The zero-order chi connectivity index (χ0) is 13.1. The van der Waals surface area contributed by atoms with Crippen molar-refractivity contribution in [3.8, 4) is 5.75 Å². The van der Waals surface area contributed by atoms with Gasteiger partial charge in [0.2, 0.25) is 0 Å². The number of nitrogens with two attached hydrogens (primary N) is 1. The summed E-state index contributed by atoms with van der Waals surface area (Å²) in [5.41, 5.74) is 6.58. The molecule has 1 aromatic heterocycles. The van der Waals surface area contributed by atoms with Crippen molar-refractivity contribution < 1.29 is 9.13 Å². The highest BCUT2D eigenvalue weighted by Gasteiger charge is 2.08. The number of methoxy groups -OCH3 is 1. The van der Waals surface area contributed by atoms with Gasteiger partial charge in [0.25, 0.3) is 0 Å². The Balaban J connectivity index is 2.33. The maximum absolute atomic E-state index is 13.0. The lowest BCUT2D eigenvalue weighted by atomic mass is 10.2. The number of hydrogen-bond donors (Lipinski definition) is 2. The number of nitrogen functional groups attached to an aromatic ring is 1. The Morgan fingerprint density at radius 1 is 1.39 bits per heavy atom. The van der Waals surface area contributed by atoms with E-state index < -0.39 is 0 Å². The highest BCUT2D eigenvalue weighted by molar-refractivity contribution is 6.33. The molecule has 0 atom stereocenters. The molecule has 0 spiro atoms. The average Bonchev–Trinajstić information content (AvgIpc) is 2.34. The van der Waals surface area contributed by atoms with E-state index in [0.29, 0.717) is 28.0 Å². The molecule has 0 aliphatic carbocycles. The van der Waals surface area contributed by atoms with Crippen LogP contribution in [0.1, 0.15) is 0 Å². The van der Waals surface area contributed by atoms with Gasteiger partial charge in [-0.25, -0.2) is 9.37 Å². The van der Waals surface area contributed by atoms with Crippen LogP contribution >= 0.6 is 11.6 Å². The third-order valence-electron chi connectivity index (χ3n) is 2.28. The number of ether oxygens (including phenoxy) is 1. The van der Waals surface area contributed by atoms with Gasteiger partial charge in [-0.05, 0) is 18.2 Å². The summed E-state index contributed by atoms with van der Waals surface area (Å²) in [6.45, 7) is 0. The highest BCUT2D eigenvalue weighted by Crippen LogP contribution is 2.30. The van der Waals surface area contributed by atoms with E-state index in [1.165, 1.54) is 25.4 Å². The smallest absolute Gasteiger partial charge is 0.149 e. The molecule has 0 saturated heterocycles. The van der Waals surface area contributed by atoms with Crippen LogP contribution in [0.2, 0.25) is 5.02 Å². The van der Waals surface area contributed by atoms with Crippen molar-refractivity contribution in [1.82, 2.24) is 4.98 Å². The molecule has 18 heavy (non-hydrogen) atoms. The Kier molecular flexibility index (Phi) is 3.53. The van der Waals surface area contributed by atoms with Crippen molar-refractivity contribution >= 4 is 28.8 Å². The first-order valence-electron chi connectivity index (χ1n) is 5.11. The predicted octanol–water partition coefficient (Wildman–Crippen LogP) is 3.21. The third kappa shape index (κ3) is 2.62. The number of hydrogen-bond acceptors (Lipinski definition) is 4. The van der Waals surface area contributed by atoms with Crippen molar-refractivity contribution in [3.05, 3.63) is 41.3 Å². The molecule has 1 heterocycles. The van der Waals surface area contributed by atoms with Gasteiger partial charge < -0.3 is 15.8 Å². The minimum Gasteiger partial charge on any atom is -0.494 e. The first-order valence-corrected chi connectivity index (χ1v) is 5.49. The Morgan fingerprint density at radius 2 is 2.17 bits per heavy atom. The van der Waals surface area contributed by atoms with Crippen molar-refractivity contribution in [2.45, 2.75) is 0 Å². The lowest BCUT2D eigenvalue weighted by molar-refractivity contribution is 0.413. The zero-order valence-corrected chi connectivity index (χ0v) is 10.3. The number of rotatable bonds is 3. The van der Waals surface area contributed by atoms with E-state index in [0.717, 1.165) is 0 Å². The number of benzene rings is 1. The summed E-state index contributed by atoms with van der Waals surface area (Å²) in [7, 11) is 1.46. The van der Waals surface area contributed by atoms with E-state index in [4.69, 9.17) is 22.1 Å². The average molecular weight is 268 g/mol. The largest absolute Gasteiger partial charge is 0.494 e. The van der Waals surface area contributed by atoms with Crippen molar-refractivity contribution in [3.63, 3.8) is 0 Å². The molecular weight excluding hydrogens is 257 g/mol. The van der Waals surface area contributed by atoms with Gasteiger partial charge in [-0.2, -0.15) is 0 Å². The topological polar surface area (TPSA) is 60.2 Å². The number of anilines is 3. The molecule has 0 aliphatic rings. The molecule has 0 aliphatic heterocycles. The molecule has 2 aromatic rings. The number of pyridine rings is 1. The number of nitrogens with zero attached hydrogens (tertiary/aromatic N) is 1. The molecule has 1 aromatic carbocycles. The highest BCUT2D eigenvalue weighted by atomic mass is 35.5. The van der Waals surface area contributed by atoms with E-state index in [9.17, 15) is 4.39 Å². The van der Waals surface area contributed by atoms with Crippen LogP contribution in [0.5, 0.6) is 5.75 Å². The van der Waals surface area contributed by atoms with Gasteiger partial charge in [-0.1, -0.05) is 11.6 Å². The second-order valence-electron chi connectivity index (χ2n) is 3.57. The standard InChI is InChI=1S/C12H11ClFN3O/c1-18-11-4-7(14)2-3-10(11)17-12-9(13)5-8(15)6-16-12/h2-6H,15H2,1H3,(H,16,17). The summed E-state index contributed by atoms with van der Waals surface area (Å²) >= 11 is 5.99. The molecule has 3 N–H and O–H groups in total. The minimum atomic E-state index is -0.381. The van der Waals surface area contributed by atoms with Crippen LogP contribution < -0.4 is 15.8 Å². The lowest BCUT2D eigenvalue weighted by Gasteiger charge is -2.11. The van der Waals surface area contributed by atoms with E-state index in [1.807, 2.05) is 0 Å². The fourth-order valence-corrected chi connectivity index (χ4v) is 1.66. The second kappa shape index (κ2) is 5.10.